The molecule has 1 aromatic carbocycles. The van der Waals surface area contributed by atoms with Crippen LogP contribution in [-0.4, -0.2) is 92.4 Å². The van der Waals surface area contributed by atoms with Crippen LogP contribution in [0.4, 0.5) is 20.4 Å². The Bertz CT molecular complexity index is 1430. The zero-order chi connectivity index (χ0) is 35.3. The van der Waals surface area contributed by atoms with Crippen LogP contribution in [0.3, 0.4) is 0 Å². The Labute approximate surface area is 281 Å². The van der Waals surface area contributed by atoms with Crippen molar-refractivity contribution in [3.05, 3.63) is 40.4 Å². The second kappa shape index (κ2) is 14.9. The van der Waals surface area contributed by atoms with Crippen LogP contribution in [0.1, 0.15) is 77.4 Å². The van der Waals surface area contributed by atoms with Gasteiger partial charge in [-0.2, -0.15) is 0 Å². The molecule has 14 heteroatoms. The number of piperidine rings is 1. The minimum Gasteiger partial charge on any atom is -0.465 e. The van der Waals surface area contributed by atoms with Crippen molar-refractivity contribution in [1.82, 2.24) is 25.0 Å². The predicted molar refractivity (Wildman–Crippen MR) is 184 cm³/mol. The zero-order valence-corrected chi connectivity index (χ0v) is 29.9. The number of likely N-dealkylation sites (tertiary alicyclic amines) is 1. The van der Waals surface area contributed by atoms with Crippen LogP contribution in [0.15, 0.2) is 24.3 Å². The lowest BCUT2D eigenvalue weighted by Gasteiger charge is -2.55. The zero-order valence-electron chi connectivity index (χ0n) is 29.1. The predicted octanol–water partition coefficient (Wildman–Crippen LogP) is 5.34. The van der Waals surface area contributed by atoms with Crippen molar-refractivity contribution in [2.75, 3.05) is 37.8 Å². The number of aromatic nitrogens is 1. The van der Waals surface area contributed by atoms with Gasteiger partial charge in [-0.05, 0) is 70.7 Å². The number of anilines is 2. The first-order valence-corrected chi connectivity index (χ1v) is 16.7. The van der Waals surface area contributed by atoms with Crippen LogP contribution < -0.4 is 16.0 Å². The highest BCUT2D eigenvalue weighted by Gasteiger charge is 2.54. The number of hydrogen-bond donors (Lipinski definition) is 5. The molecule has 0 saturated carbocycles. The highest BCUT2D eigenvalue weighted by Crippen LogP contribution is 2.39. The van der Waals surface area contributed by atoms with E-state index in [1.165, 1.54) is 18.3 Å². The maximum atomic E-state index is 12.6. The highest BCUT2D eigenvalue weighted by atomic mass is 32.1. The number of carbonyl (C=O) groups is 4. The summed E-state index contributed by atoms with van der Waals surface area (Å²) in [5.41, 5.74) is 0.580. The number of aryl methyl sites for hydroxylation is 2. The first-order chi connectivity index (χ1) is 21.7. The Morgan fingerprint density at radius 3 is 2.17 bits per heavy atom. The van der Waals surface area contributed by atoms with Crippen molar-refractivity contribution in [3.63, 3.8) is 0 Å². The summed E-state index contributed by atoms with van der Waals surface area (Å²) >= 11 is 1.46. The van der Waals surface area contributed by atoms with Crippen LogP contribution in [0.25, 0.3) is 0 Å². The third-order valence-corrected chi connectivity index (χ3v) is 9.22. The van der Waals surface area contributed by atoms with Gasteiger partial charge in [0.25, 0.3) is 0 Å². The number of hydrogen-bond acceptors (Lipinski definition) is 8. The maximum absolute atomic E-state index is 12.6. The van der Waals surface area contributed by atoms with E-state index in [1.807, 2.05) is 24.3 Å². The molecule has 0 radical (unpaired) electrons. The lowest BCUT2D eigenvalue weighted by Crippen LogP contribution is -2.76. The molecule has 1 saturated heterocycles. The van der Waals surface area contributed by atoms with Gasteiger partial charge in [-0.3, -0.25) is 24.7 Å². The number of carbonyl (C=O) groups excluding carboxylic acids is 2. The number of nitrogens with zero attached hydrogens (tertiary/aromatic N) is 4. The molecule has 1 aliphatic heterocycles. The fourth-order valence-corrected chi connectivity index (χ4v) is 7.14. The quantitative estimate of drug-likeness (QED) is 0.198. The first-order valence-electron chi connectivity index (χ1n) is 15.8. The van der Waals surface area contributed by atoms with E-state index >= 15 is 0 Å². The molecule has 2 aromatic rings. The number of thiazole rings is 1. The van der Waals surface area contributed by atoms with Gasteiger partial charge in [0.2, 0.25) is 17.6 Å². The summed E-state index contributed by atoms with van der Waals surface area (Å²) in [6.45, 7) is 14.1. The lowest BCUT2D eigenvalue weighted by molar-refractivity contribution is -0.134. The molecule has 47 heavy (non-hydrogen) atoms. The molecule has 2 atom stereocenters. The number of benzene rings is 1. The van der Waals surface area contributed by atoms with Crippen molar-refractivity contribution in [3.8, 4) is 0 Å². The van der Waals surface area contributed by atoms with Gasteiger partial charge in [-0.1, -0.05) is 32.9 Å². The first kappa shape index (κ1) is 37.5. The summed E-state index contributed by atoms with van der Waals surface area (Å²) in [4.78, 5) is 59.9. The molecule has 1 fully saturated rings. The molecule has 1 aromatic heterocycles. The molecule has 1 aliphatic rings. The fourth-order valence-electron chi connectivity index (χ4n) is 6.04. The van der Waals surface area contributed by atoms with Crippen molar-refractivity contribution >= 4 is 46.2 Å². The Kier molecular flexibility index (Phi) is 11.9. The molecule has 0 aliphatic carbocycles. The van der Waals surface area contributed by atoms with Gasteiger partial charge in [-0.15, -0.1) is 11.3 Å². The minimum atomic E-state index is -1.70. The smallest absolute Gasteiger partial charge is 0.411 e. The van der Waals surface area contributed by atoms with Crippen molar-refractivity contribution in [1.29, 1.82) is 0 Å². The van der Waals surface area contributed by atoms with Crippen LogP contribution in [0, 0.1) is 11.3 Å². The van der Waals surface area contributed by atoms with E-state index in [0.717, 1.165) is 40.4 Å². The number of nitrogens with one attached hydrogen (secondary N) is 3. The topological polar surface area (TPSA) is 167 Å². The number of amides is 4. The van der Waals surface area contributed by atoms with Crippen molar-refractivity contribution < 1.29 is 29.4 Å². The molecular weight excluding hydrogens is 622 g/mol. The Balaban J connectivity index is 1.83. The number of carboxylic acid groups (broad SMARTS) is 2. The molecule has 2 heterocycles. The summed E-state index contributed by atoms with van der Waals surface area (Å²) < 4.78 is 0. The lowest BCUT2D eigenvalue weighted by atomic mass is 9.82. The van der Waals surface area contributed by atoms with Crippen molar-refractivity contribution in [2.45, 2.75) is 92.0 Å². The van der Waals surface area contributed by atoms with E-state index in [0.29, 0.717) is 36.8 Å². The maximum Gasteiger partial charge on any atom is 0.411 e. The van der Waals surface area contributed by atoms with E-state index in [9.17, 15) is 29.4 Å². The van der Waals surface area contributed by atoms with Gasteiger partial charge >= 0.3 is 12.2 Å². The third-order valence-electron chi connectivity index (χ3n) is 8.22. The molecule has 260 valence electrons. The summed E-state index contributed by atoms with van der Waals surface area (Å²) in [6.07, 6.45) is 0.456. The fraction of sp³-hybridized carbons (Fsp3) is 0.606. The second-order valence-corrected chi connectivity index (χ2v) is 15.5. The Morgan fingerprint density at radius 2 is 1.66 bits per heavy atom. The average Bonchev–Trinajstić information content (AvgIpc) is 3.30. The molecule has 1 unspecified atom stereocenters. The average molecular weight is 674 g/mol. The molecule has 4 amide bonds. The largest absolute Gasteiger partial charge is 0.465 e. The van der Waals surface area contributed by atoms with E-state index in [-0.39, 0.29) is 17.7 Å². The summed E-state index contributed by atoms with van der Waals surface area (Å²) in [5, 5.41) is 29.2. The highest BCUT2D eigenvalue weighted by molar-refractivity contribution is 7.15. The van der Waals surface area contributed by atoms with Crippen LogP contribution in [0.5, 0.6) is 0 Å². The van der Waals surface area contributed by atoms with Gasteiger partial charge in [-0.25, -0.2) is 14.6 Å². The monoisotopic (exact) mass is 673 g/mol. The van der Waals surface area contributed by atoms with Crippen LogP contribution >= 0.6 is 11.3 Å². The van der Waals surface area contributed by atoms with Gasteiger partial charge in [0.05, 0.1) is 11.6 Å². The van der Waals surface area contributed by atoms with Gasteiger partial charge < -0.3 is 25.7 Å². The molecule has 0 spiro atoms. The molecule has 0 bridgehead atoms. The molecule has 5 N–H and O–H groups in total. The van der Waals surface area contributed by atoms with Gasteiger partial charge in [0.1, 0.15) is 0 Å². The third kappa shape index (κ3) is 9.57. The van der Waals surface area contributed by atoms with Gasteiger partial charge in [0.15, 0.2) is 5.13 Å². The van der Waals surface area contributed by atoms with E-state index < -0.39 is 28.9 Å². The normalized spacial score (nSPS) is 16.9. The molecule has 13 nitrogen and oxygen atoms in total. The Morgan fingerprint density at radius 1 is 1.02 bits per heavy atom. The van der Waals surface area contributed by atoms with Gasteiger partial charge in [0, 0.05) is 55.6 Å². The standard InChI is InChI=1S/C33H51N7O6S/c1-21(41)34-28-35-25(26(47-28)20-39-18-10-11-23(19-39)27(42)38(8)9)17-14-22-12-15-24(16-13-22)36-33(31(2,3)4,37-29(43)44)40(30(45)46)32(5,6)7/h12-13,15-16,23,36-37H,10-11,14,17-20H2,1-9H3,(H,43,44)(H,45,46)(H,34,35,41)/t23-,33?/m0/s1. The second-order valence-electron chi connectivity index (χ2n) is 14.4. The van der Waals surface area contributed by atoms with Crippen LogP contribution in [0.2, 0.25) is 0 Å². The summed E-state index contributed by atoms with van der Waals surface area (Å²) in [6, 6.07) is 7.45. The summed E-state index contributed by atoms with van der Waals surface area (Å²) in [5.74, 6) is -1.79. The van der Waals surface area contributed by atoms with E-state index in [4.69, 9.17) is 4.98 Å². The van der Waals surface area contributed by atoms with Crippen LogP contribution in [-0.2, 0) is 29.0 Å². The molecule has 3 rings (SSSR count). The Hall–Kier alpha value is -3.91. The van der Waals surface area contributed by atoms with E-state index in [2.05, 4.69) is 20.9 Å². The van der Waals surface area contributed by atoms with E-state index in [1.54, 1.807) is 60.5 Å². The minimum absolute atomic E-state index is 0.0363. The SMILES string of the molecule is CC(=O)Nc1nc(CCc2ccc(NC(NC(=O)O)(N(C(=O)O)C(C)(C)C)C(C)(C)C)cc2)c(CN2CCC[C@H](C(=O)N(C)C)C2)s1. The summed E-state index contributed by atoms with van der Waals surface area (Å²) in [7, 11) is 3.57. The molecular formula is C33H51N7O6S. The van der Waals surface area contributed by atoms with Crippen molar-refractivity contribution in [2.24, 2.45) is 11.3 Å². The number of rotatable bonds is 11.